The largest absolute Gasteiger partial charge is 0.497 e. The lowest BCUT2D eigenvalue weighted by molar-refractivity contribution is -0.144. The number of methoxy groups -OCH3 is 1. The van der Waals surface area contributed by atoms with Crippen molar-refractivity contribution >= 4 is 11.9 Å². The highest BCUT2D eigenvalue weighted by molar-refractivity contribution is 5.82. The summed E-state index contributed by atoms with van der Waals surface area (Å²) in [4.78, 5) is 22.2. The lowest BCUT2D eigenvalue weighted by atomic mass is 9.95. The molecular formula is C12H12O5. The molecule has 2 rings (SSSR count). The number of carboxylic acid groups (broad SMARTS) is 1. The molecule has 1 saturated heterocycles. The number of carbonyl (C=O) groups is 2. The molecule has 0 radical (unpaired) electrons. The second kappa shape index (κ2) is 4.45. The molecule has 2 unspecified atom stereocenters. The molecule has 0 amide bonds. The maximum atomic E-state index is 11.2. The van der Waals surface area contributed by atoms with Crippen LogP contribution in [0.4, 0.5) is 0 Å². The van der Waals surface area contributed by atoms with Gasteiger partial charge in [-0.2, -0.15) is 0 Å². The van der Waals surface area contributed by atoms with Crippen molar-refractivity contribution in [3.8, 4) is 5.75 Å². The molecule has 0 spiro atoms. The average molecular weight is 236 g/mol. The van der Waals surface area contributed by atoms with E-state index >= 15 is 0 Å². The van der Waals surface area contributed by atoms with Crippen LogP contribution in [0.3, 0.4) is 0 Å². The Balaban J connectivity index is 2.25. The SMILES string of the molecule is COc1ccc(C2OC(=O)CC2C(=O)O)cc1. The van der Waals surface area contributed by atoms with Crippen LogP contribution >= 0.6 is 0 Å². The van der Waals surface area contributed by atoms with Gasteiger partial charge in [-0.25, -0.2) is 0 Å². The predicted octanol–water partition coefficient (Wildman–Crippen LogP) is 1.38. The molecular weight excluding hydrogens is 224 g/mol. The Bertz CT molecular complexity index is 437. The third-order valence-corrected chi connectivity index (χ3v) is 2.77. The molecule has 0 bridgehead atoms. The number of ether oxygens (including phenoxy) is 2. The van der Waals surface area contributed by atoms with Crippen molar-refractivity contribution < 1.29 is 24.2 Å². The van der Waals surface area contributed by atoms with E-state index in [0.29, 0.717) is 11.3 Å². The van der Waals surface area contributed by atoms with E-state index in [1.165, 1.54) is 0 Å². The zero-order valence-electron chi connectivity index (χ0n) is 9.25. The summed E-state index contributed by atoms with van der Waals surface area (Å²) >= 11 is 0. The number of rotatable bonds is 3. The molecule has 1 heterocycles. The first-order valence-electron chi connectivity index (χ1n) is 5.18. The van der Waals surface area contributed by atoms with Gasteiger partial charge in [0.25, 0.3) is 0 Å². The molecule has 2 atom stereocenters. The Labute approximate surface area is 98.0 Å². The van der Waals surface area contributed by atoms with Gasteiger partial charge in [-0.05, 0) is 17.7 Å². The van der Waals surface area contributed by atoms with Crippen LogP contribution in [0.1, 0.15) is 18.1 Å². The fraction of sp³-hybridized carbons (Fsp3) is 0.333. The maximum absolute atomic E-state index is 11.2. The van der Waals surface area contributed by atoms with Crippen molar-refractivity contribution in [2.75, 3.05) is 7.11 Å². The van der Waals surface area contributed by atoms with Crippen LogP contribution in [0.2, 0.25) is 0 Å². The first-order chi connectivity index (χ1) is 8.11. The summed E-state index contributed by atoms with van der Waals surface area (Å²) in [6.07, 6.45) is -0.780. The zero-order chi connectivity index (χ0) is 12.4. The van der Waals surface area contributed by atoms with Crippen LogP contribution in [-0.2, 0) is 14.3 Å². The van der Waals surface area contributed by atoms with Gasteiger partial charge >= 0.3 is 11.9 Å². The Morgan fingerprint density at radius 3 is 2.59 bits per heavy atom. The van der Waals surface area contributed by atoms with Gasteiger partial charge in [0.1, 0.15) is 17.8 Å². The van der Waals surface area contributed by atoms with Gasteiger partial charge in [-0.3, -0.25) is 9.59 Å². The number of aliphatic carboxylic acids is 1. The topological polar surface area (TPSA) is 72.8 Å². The molecule has 1 N–H and O–H groups in total. The van der Waals surface area contributed by atoms with Crippen LogP contribution in [0, 0.1) is 5.92 Å². The van der Waals surface area contributed by atoms with Crippen LogP contribution in [0.15, 0.2) is 24.3 Å². The fourth-order valence-corrected chi connectivity index (χ4v) is 1.87. The lowest BCUT2D eigenvalue weighted by Gasteiger charge is -2.14. The highest BCUT2D eigenvalue weighted by Gasteiger charge is 2.40. The lowest BCUT2D eigenvalue weighted by Crippen LogP contribution is -2.17. The van der Waals surface area contributed by atoms with Gasteiger partial charge < -0.3 is 14.6 Å². The van der Waals surface area contributed by atoms with Crippen molar-refractivity contribution in [3.63, 3.8) is 0 Å². The van der Waals surface area contributed by atoms with Crippen molar-refractivity contribution in [3.05, 3.63) is 29.8 Å². The monoisotopic (exact) mass is 236 g/mol. The van der Waals surface area contributed by atoms with Gasteiger partial charge in [-0.1, -0.05) is 12.1 Å². The third-order valence-electron chi connectivity index (χ3n) is 2.77. The van der Waals surface area contributed by atoms with Crippen molar-refractivity contribution in [1.29, 1.82) is 0 Å². The van der Waals surface area contributed by atoms with E-state index in [1.54, 1.807) is 31.4 Å². The fourth-order valence-electron chi connectivity index (χ4n) is 1.87. The van der Waals surface area contributed by atoms with Crippen molar-refractivity contribution in [2.24, 2.45) is 5.92 Å². The molecule has 0 saturated carbocycles. The maximum Gasteiger partial charge on any atom is 0.311 e. The summed E-state index contributed by atoms with van der Waals surface area (Å²) in [6.45, 7) is 0. The number of carbonyl (C=O) groups excluding carboxylic acids is 1. The molecule has 0 aromatic heterocycles. The summed E-state index contributed by atoms with van der Waals surface area (Å²) < 4.78 is 10.0. The third kappa shape index (κ3) is 2.22. The Kier molecular flexibility index (Phi) is 2.99. The molecule has 1 aliphatic heterocycles. The smallest absolute Gasteiger partial charge is 0.311 e. The first kappa shape index (κ1) is 11.4. The van der Waals surface area contributed by atoms with E-state index in [-0.39, 0.29) is 6.42 Å². The Morgan fingerprint density at radius 1 is 1.41 bits per heavy atom. The number of hydrogen-bond acceptors (Lipinski definition) is 4. The highest BCUT2D eigenvalue weighted by Crippen LogP contribution is 2.35. The summed E-state index contributed by atoms with van der Waals surface area (Å²) in [7, 11) is 1.55. The normalized spacial score (nSPS) is 23.2. The minimum absolute atomic E-state index is 0.0774. The average Bonchev–Trinajstić information content (AvgIpc) is 2.72. The van der Waals surface area contributed by atoms with Gasteiger partial charge in [0.2, 0.25) is 0 Å². The minimum Gasteiger partial charge on any atom is -0.497 e. The van der Waals surface area contributed by atoms with Gasteiger partial charge in [-0.15, -0.1) is 0 Å². The van der Waals surface area contributed by atoms with Gasteiger partial charge in [0.05, 0.1) is 13.5 Å². The van der Waals surface area contributed by atoms with E-state index in [9.17, 15) is 9.59 Å². The highest BCUT2D eigenvalue weighted by atomic mass is 16.6. The van der Waals surface area contributed by atoms with Crippen LogP contribution in [-0.4, -0.2) is 24.2 Å². The second-order valence-electron chi connectivity index (χ2n) is 3.83. The second-order valence-corrected chi connectivity index (χ2v) is 3.83. The summed E-state index contributed by atoms with van der Waals surface area (Å²) in [5.41, 5.74) is 0.670. The van der Waals surface area contributed by atoms with E-state index < -0.39 is 24.0 Å². The van der Waals surface area contributed by atoms with E-state index in [2.05, 4.69) is 0 Å². The molecule has 0 aliphatic carbocycles. The van der Waals surface area contributed by atoms with Crippen molar-refractivity contribution in [2.45, 2.75) is 12.5 Å². The van der Waals surface area contributed by atoms with E-state index in [0.717, 1.165) is 0 Å². The summed E-state index contributed by atoms with van der Waals surface area (Å²) in [6, 6.07) is 6.83. The van der Waals surface area contributed by atoms with Gasteiger partial charge in [0, 0.05) is 0 Å². The summed E-state index contributed by atoms with van der Waals surface area (Å²) in [5.74, 6) is -1.63. The number of carboxylic acids is 1. The predicted molar refractivity (Wildman–Crippen MR) is 57.6 cm³/mol. The molecule has 90 valence electrons. The molecule has 1 aromatic rings. The van der Waals surface area contributed by atoms with Crippen LogP contribution in [0.5, 0.6) is 5.75 Å². The van der Waals surface area contributed by atoms with Gasteiger partial charge in [0.15, 0.2) is 0 Å². The quantitative estimate of drug-likeness (QED) is 0.803. The molecule has 5 heteroatoms. The zero-order valence-corrected chi connectivity index (χ0v) is 9.25. The summed E-state index contributed by atoms with van der Waals surface area (Å²) in [5, 5.41) is 9.01. The van der Waals surface area contributed by atoms with E-state index in [4.69, 9.17) is 14.6 Å². The number of benzene rings is 1. The molecule has 5 nitrogen and oxygen atoms in total. The standard InChI is InChI=1S/C12H12O5/c1-16-8-4-2-7(3-5-8)11-9(12(14)15)6-10(13)17-11/h2-5,9,11H,6H2,1H3,(H,14,15). The van der Waals surface area contributed by atoms with Crippen molar-refractivity contribution in [1.82, 2.24) is 0 Å². The molecule has 1 aliphatic rings. The molecule has 17 heavy (non-hydrogen) atoms. The molecule has 1 fully saturated rings. The Hall–Kier alpha value is -2.04. The number of cyclic esters (lactones) is 1. The minimum atomic E-state index is -1.02. The van der Waals surface area contributed by atoms with E-state index in [1.807, 2.05) is 0 Å². The first-order valence-corrected chi connectivity index (χ1v) is 5.18. The number of esters is 1. The van der Waals surface area contributed by atoms with Crippen LogP contribution in [0.25, 0.3) is 0 Å². The van der Waals surface area contributed by atoms with Crippen LogP contribution < -0.4 is 4.74 Å². The molecule has 1 aromatic carbocycles. The Morgan fingerprint density at radius 2 is 2.06 bits per heavy atom. The number of hydrogen-bond donors (Lipinski definition) is 1.